The van der Waals surface area contributed by atoms with E-state index in [0.717, 1.165) is 6.42 Å². The molecule has 0 radical (unpaired) electrons. The van der Waals surface area contributed by atoms with E-state index in [1.807, 2.05) is 6.08 Å². The van der Waals surface area contributed by atoms with Crippen molar-refractivity contribution >= 4 is 11.3 Å². The minimum absolute atomic E-state index is 1.11. The Morgan fingerprint density at radius 1 is 1.29 bits per heavy atom. The Bertz CT molecular complexity index is 386. The molecule has 2 aliphatic rings. The number of hydrogen-bond acceptors (Lipinski definition) is 1. The Morgan fingerprint density at radius 3 is 3.07 bits per heavy atom. The molecule has 1 aliphatic carbocycles. The summed E-state index contributed by atoms with van der Waals surface area (Å²) in [4.78, 5) is 0. The summed E-state index contributed by atoms with van der Waals surface area (Å²) in [5.74, 6) is 0. The second kappa shape index (κ2) is 4.43. The third-order valence-corrected chi connectivity index (χ3v) is 3.17. The number of allylic oxidation sites excluding steroid dienone is 1. The van der Waals surface area contributed by atoms with Crippen molar-refractivity contribution in [2.45, 2.75) is 19.3 Å². The Labute approximate surface area is 89.2 Å². The molecule has 0 spiro atoms. The number of rotatable bonds is 4. The van der Waals surface area contributed by atoms with Crippen LogP contribution in [-0.2, 0) is 6.42 Å². The molecule has 0 bridgehead atoms. The standard InChI is InChI=1S/C13H14S/c1-2-3-4-5-11-6-7-12-10-14-9-8-13(11)12/h2,6-10H,1,3-5H2. The van der Waals surface area contributed by atoms with Gasteiger partial charge < -0.3 is 0 Å². The van der Waals surface area contributed by atoms with Crippen molar-refractivity contribution in [3.63, 3.8) is 0 Å². The lowest BCUT2D eigenvalue weighted by Gasteiger charge is -2.01. The van der Waals surface area contributed by atoms with E-state index in [2.05, 4.69) is 35.5 Å². The van der Waals surface area contributed by atoms with Gasteiger partial charge in [-0.1, -0.05) is 18.2 Å². The van der Waals surface area contributed by atoms with Gasteiger partial charge in [0.05, 0.1) is 0 Å². The van der Waals surface area contributed by atoms with Gasteiger partial charge in [0.25, 0.3) is 0 Å². The van der Waals surface area contributed by atoms with E-state index in [-0.39, 0.29) is 0 Å². The zero-order chi connectivity index (χ0) is 9.80. The molecule has 0 amide bonds. The van der Waals surface area contributed by atoms with Crippen LogP contribution in [0.25, 0.3) is 11.1 Å². The van der Waals surface area contributed by atoms with Gasteiger partial charge in [-0.25, -0.2) is 0 Å². The van der Waals surface area contributed by atoms with Crippen LogP contribution in [0.3, 0.4) is 0 Å². The number of fused-ring (bicyclic) bond motifs is 1. The van der Waals surface area contributed by atoms with Crippen molar-refractivity contribution in [3.8, 4) is 11.1 Å². The second-order valence-electron chi connectivity index (χ2n) is 3.47. The summed E-state index contributed by atoms with van der Waals surface area (Å²) in [5, 5.41) is 4.37. The quantitative estimate of drug-likeness (QED) is 0.510. The van der Waals surface area contributed by atoms with E-state index in [9.17, 15) is 0 Å². The van der Waals surface area contributed by atoms with E-state index < -0.39 is 0 Å². The molecule has 72 valence electrons. The maximum atomic E-state index is 3.74. The smallest absolute Gasteiger partial charge is 0.00149 e. The minimum Gasteiger partial charge on any atom is -0.152 e. The lowest BCUT2D eigenvalue weighted by Crippen LogP contribution is -1.83. The predicted molar refractivity (Wildman–Crippen MR) is 64.1 cm³/mol. The van der Waals surface area contributed by atoms with Crippen LogP contribution < -0.4 is 0 Å². The summed E-state index contributed by atoms with van der Waals surface area (Å²) < 4.78 is 0. The van der Waals surface area contributed by atoms with E-state index in [1.165, 1.54) is 29.5 Å². The summed E-state index contributed by atoms with van der Waals surface area (Å²) in [6.45, 7) is 3.74. The van der Waals surface area contributed by atoms with Crippen LogP contribution in [0.4, 0.5) is 0 Å². The van der Waals surface area contributed by atoms with Crippen molar-refractivity contribution in [2.24, 2.45) is 0 Å². The first-order chi connectivity index (χ1) is 6.92. The minimum atomic E-state index is 1.11. The summed E-state index contributed by atoms with van der Waals surface area (Å²) in [5.41, 5.74) is 4.29. The fourth-order valence-corrected chi connectivity index (χ4v) is 2.38. The molecule has 1 aliphatic heterocycles. The molecule has 1 heterocycles. The van der Waals surface area contributed by atoms with Crippen LogP contribution in [0.5, 0.6) is 0 Å². The van der Waals surface area contributed by atoms with Gasteiger partial charge in [0, 0.05) is 0 Å². The molecular formula is C13H14S. The first-order valence-electron chi connectivity index (χ1n) is 4.96. The molecular weight excluding hydrogens is 188 g/mol. The Hall–Kier alpha value is -1.08. The average molecular weight is 202 g/mol. The summed E-state index contributed by atoms with van der Waals surface area (Å²) >= 11 is 1.76. The molecule has 0 aromatic rings. The van der Waals surface area contributed by atoms with Crippen LogP contribution in [0.2, 0.25) is 0 Å². The maximum Gasteiger partial charge on any atom is -0.00149 e. The Kier molecular flexibility index (Phi) is 3.00. The van der Waals surface area contributed by atoms with Crippen molar-refractivity contribution in [3.05, 3.63) is 47.2 Å². The fourth-order valence-electron chi connectivity index (χ4n) is 1.74. The molecule has 0 nitrogen and oxygen atoms in total. The Balaban J connectivity index is 2.14. The van der Waals surface area contributed by atoms with Gasteiger partial charge in [0.2, 0.25) is 0 Å². The molecule has 0 aromatic heterocycles. The van der Waals surface area contributed by atoms with E-state index in [1.54, 1.807) is 11.3 Å². The van der Waals surface area contributed by atoms with Crippen LogP contribution in [0.15, 0.2) is 41.6 Å². The fraction of sp³-hybridized carbons (Fsp3) is 0.231. The van der Waals surface area contributed by atoms with Gasteiger partial charge in [-0.05, 0) is 52.8 Å². The van der Waals surface area contributed by atoms with Gasteiger partial charge >= 0.3 is 0 Å². The van der Waals surface area contributed by atoms with Crippen molar-refractivity contribution < 1.29 is 0 Å². The topological polar surface area (TPSA) is 0 Å². The predicted octanol–water partition coefficient (Wildman–Crippen LogP) is 4.36. The molecule has 0 saturated carbocycles. The van der Waals surface area contributed by atoms with E-state index in [0.29, 0.717) is 0 Å². The highest BCUT2D eigenvalue weighted by molar-refractivity contribution is 7.07. The number of hydrogen-bond donors (Lipinski definition) is 0. The van der Waals surface area contributed by atoms with Crippen molar-refractivity contribution in [2.75, 3.05) is 0 Å². The lowest BCUT2D eigenvalue weighted by molar-refractivity contribution is 0.848. The summed E-state index contributed by atoms with van der Waals surface area (Å²) in [6, 6.07) is 6.69. The SMILES string of the molecule is C=CCCCc1ccc2csccc1-2. The highest BCUT2D eigenvalue weighted by atomic mass is 32.1. The van der Waals surface area contributed by atoms with Crippen LogP contribution >= 0.6 is 11.3 Å². The van der Waals surface area contributed by atoms with Crippen LogP contribution in [0.1, 0.15) is 18.4 Å². The first-order valence-corrected chi connectivity index (χ1v) is 5.91. The van der Waals surface area contributed by atoms with Crippen LogP contribution in [0, 0.1) is 0 Å². The van der Waals surface area contributed by atoms with Gasteiger partial charge in [-0.2, -0.15) is 11.3 Å². The summed E-state index contributed by atoms with van der Waals surface area (Å²) in [7, 11) is 0. The molecule has 0 N–H and O–H groups in total. The third-order valence-electron chi connectivity index (χ3n) is 2.48. The highest BCUT2D eigenvalue weighted by Gasteiger charge is 2.07. The number of aryl methyl sites for hydroxylation is 1. The number of unbranched alkanes of at least 4 members (excludes halogenated alkanes) is 1. The average Bonchev–Trinajstić information content (AvgIpc) is 2.63. The zero-order valence-electron chi connectivity index (χ0n) is 8.20. The molecule has 1 heteroatoms. The molecule has 0 unspecified atom stereocenters. The molecule has 0 aromatic carbocycles. The molecule has 14 heavy (non-hydrogen) atoms. The Morgan fingerprint density at radius 2 is 2.21 bits per heavy atom. The largest absolute Gasteiger partial charge is 0.152 e. The van der Waals surface area contributed by atoms with Gasteiger partial charge in [0.1, 0.15) is 0 Å². The monoisotopic (exact) mass is 202 g/mol. The van der Waals surface area contributed by atoms with Crippen molar-refractivity contribution in [1.29, 1.82) is 0 Å². The molecule has 0 atom stereocenters. The molecule has 0 saturated heterocycles. The zero-order valence-corrected chi connectivity index (χ0v) is 9.02. The van der Waals surface area contributed by atoms with Gasteiger partial charge in [0.15, 0.2) is 0 Å². The normalized spacial score (nSPS) is 10.6. The highest BCUT2D eigenvalue weighted by Crippen LogP contribution is 2.29. The van der Waals surface area contributed by atoms with Crippen LogP contribution in [-0.4, -0.2) is 0 Å². The second-order valence-corrected chi connectivity index (χ2v) is 4.25. The lowest BCUT2D eigenvalue weighted by atomic mass is 10.1. The molecule has 2 rings (SSSR count). The van der Waals surface area contributed by atoms with E-state index in [4.69, 9.17) is 0 Å². The summed E-state index contributed by atoms with van der Waals surface area (Å²) in [6.07, 6.45) is 5.49. The van der Waals surface area contributed by atoms with Gasteiger partial charge in [-0.15, -0.1) is 6.58 Å². The van der Waals surface area contributed by atoms with Gasteiger partial charge in [-0.3, -0.25) is 0 Å². The van der Waals surface area contributed by atoms with Crippen molar-refractivity contribution in [1.82, 2.24) is 0 Å². The third kappa shape index (κ3) is 1.88. The maximum absolute atomic E-state index is 3.74. The molecule has 0 fully saturated rings. The first kappa shape index (κ1) is 9.47. The van der Waals surface area contributed by atoms with E-state index >= 15 is 0 Å².